The topological polar surface area (TPSA) is 66.5 Å². The molecule has 0 spiro atoms. The van der Waals surface area contributed by atoms with E-state index in [-0.39, 0.29) is 0 Å². The number of nitrogens with one attached hydrogen (secondary N) is 1. The molecule has 96 valence electrons. The molecule has 0 aromatic heterocycles. The minimum Gasteiger partial charge on any atom is -0.267 e. The molecule has 2 aromatic carbocycles. The van der Waals surface area contributed by atoms with E-state index in [0.717, 1.165) is 4.31 Å². The van der Waals surface area contributed by atoms with Crippen LogP contribution in [0.1, 0.15) is 10.4 Å². The molecule has 0 bridgehead atoms. The van der Waals surface area contributed by atoms with Gasteiger partial charge in [-0.15, -0.1) is 0 Å². The van der Waals surface area contributed by atoms with Crippen molar-refractivity contribution in [1.82, 2.24) is 0 Å². The average Bonchev–Trinajstić information content (AvgIpc) is 2.39. The van der Waals surface area contributed by atoms with E-state index in [0.29, 0.717) is 16.9 Å². The molecule has 19 heavy (non-hydrogen) atoms. The molecule has 5 nitrogen and oxygen atoms in total. The number of fused-ring (bicyclic) bond motifs is 1. The molecule has 6 heteroatoms. The van der Waals surface area contributed by atoms with Crippen LogP contribution in [0.15, 0.2) is 54.6 Å². The van der Waals surface area contributed by atoms with E-state index in [1.54, 1.807) is 54.6 Å². The Morgan fingerprint density at radius 3 is 2.26 bits per heavy atom. The Hall–Kier alpha value is -2.34. The summed E-state index contributed by atoms with van der Waals surface area (Å²) in [5, 5.41) is 0. The van der Waals surface area contributed by atoms with Crippen molar-refractivity contribution in [2.75, 3.05) is 9.03 Å². The first-order valence-electron chi connectivity index (χ1n) is 5.61. The van der Waals surface area contributed by atoms with Gasteiger partial charge in [0.15, 0.2) is 0 Å². The fourth-order valence-electron chi connectivity index (χ4n) is 1.98. The van der Waals surface area contributed by atoms with Crippen molar-refractivity contribution < 1.29 is 13.2 Å². The normalized spacial score (nSPS) is 16.6. The van der Waals surface area contributed by atoms with Gasteiger partial charge in [-0.1, -0.05) is 30.3 Å². The fourth-order valence-corrected chi connectivity index (χ4v) is 3.24. The van der Waals surface area contributed by atoms with Gasteiger partial charge in [-0.25, -0.2) is 0 Å². The molecule has 1 aliphatic rings. The first kappa shape index (κ1) is 11.7. The maximum atomic E-state index is 12.3. The van der Waals surface area contributed by atoms with Crippen LogP contribution in [0.25, 0.3) is 0 Å². The van der Waals surface area contributed by atoms with E-state index in [2.05, 4.69) is 4.72 Å². The summed E-state index contributed by atoms with van der Waals surface area (Å²) in [6, 6.07) is 14.8. The van der Waals surface area contributed by atoms with Gasteiger partial charge in [0.1, 0.15) is 0 Å². The van der Waals surface area contributed by atoms with Gasteiger partial charge >= 0.3 is 10.2 Å². The molecule has 0 saturated heterocycles. The van der Waals surface area contributed by atoms with E-state index in [9.17, 15) is 13.2 Å². The van der Waals surface area contributed by atoms with Crippen LogP contribution in [-0.2, 0) is 10.2 Å². The predicted molar refractivity (Wildman–Crippen MR) is 72.2 cm³/mol. The highest BCUT2D eigenvalue weighted by Gasteiger charge is 2.36. The zero-order chi connectivity index (χ0) is 13.5. The Bertz CT molecular complexity index is 741. The lowest BCUT2D eigenvalue weighted by Gasteiger charge is -2.28. The Balaban J connectivity index is 2.19. The minimum atomic E-state index is -3.91. The van der Waals surface area contributed by atoms with Crippen molar-refractivity contribution in [3.8, 4) is 0 Å². The summed E-state index contributed by atoms with van der Waals surface area (Å²) < 4.78 is 27.5. The number of carbonyl (C=O) groups excluding carboxylic acids is 1. The van der Waals surface area contributed by atoms with Crippen molar-refractivity contribution in [2.45, 2.75) is 0 Å². The summed E-state index contributed by atoms with van der Waals surface area (Å²) in [5.41, 5.74) is 0.954. The molecule has 0 atom stereocenters. The number of hydrogen-bond acceptors (Lipinski definition) is 3. The van der Waals surface area contributed by atoms with Gasteiger partial charge in [0, 0.05) is 0 Å². The van der Waals surface area contributed by atoms with Crippen LogP contribution in [0.4, 0.5) is 11.4 Å². The van der Waals surface area contributed by atoms with Crippen LogP contribution in [-0.4, -0.2) is 14.3 Å². The van der Waals surface area contributed by atoms with Gasteiger partial charge in [0.2, 0.25) is 0 Å². The van der Waals surface area contributed by atoms with Crippen LogP contribution < -0.4 is 9.03 Å². The first-order valence-corrected chi connectivity index (χ1v) is 7.05. The molecule has 3 rings (SSSR count). The number of hydrogen-bond donors (Lipinski definition) is 1. The zero-order valence-electron chi connectivity index (χ0n) is 9.78. The van der Waals surface area contributed by atoms with Crippen molar-refractivity contribution in [3.05, 3.63) is 60.2 Å². The highest BCUT2D eigenvalue weighted by molar-refractivity contribution is 7.95. The number of benzene rings is 2. The van der Waals surface area contributed by atoms with Crippen LogP contribution in [0.3, 0.4) is 0 Å². The summed E-state index contributed by atoms with van der Waals surface area (Å²) in [7, 11) is -3.91. The molecule has 1 aliphatic heterocycles. The number of carbonyl (C=O) groups is 1. The van der Waals surface area contributed by atoms with Crippen molar-refractivity contribution in [2.24, 2.45) is 0 Å². The molecule has 0 aliphatic carbocycles. The first-order chi connectivity index (χ1) is 9.09. The second kappa shape index (κ2) is 4.10. The van der Waals surface area contributed by atoms with E-state index >= 15 is 0 Å². The maximum Gasteiger partial charge on any atom is 0.330 e. The predicted octanol–water partition coefficient (Wildman–Crippen LogP) is 2.00. The van der Waals surface area contributed by atoms with E-state index in [4.69, 9.17) is 0 Å². The van der Waals surface area contributed by atoms with Gasteiger partial charge in [-0.2, -0.15) is 12.7 Å². The van der Waals surface area contributed by atoms with Gasteiger partial charge in [-0.3, -0.25) is 9.52 Å². The summed E-state index contributed by atoms with van der Waals surface area (Å²) in [6.07, 6.45) is 0. The van der Waals surface area contributed by atoms with Crippen LogP contribution >= 0.6 is 0 Å². The molecular formula is C13H10N2O3S. The Labute approximate surface area is 110 Å². The molecule has 1 amide bonds. The average molecular weight is 274 g/mol. The number of amides is 1. The highest BCUT2D eigenvalue weighted by Crippen LogP contribution is 2.29. The standard InChI is InChI=1S/C13H10N2O3S/c16-13-11-8-4-5-9-12(11)14-19(17,18)15(13)10-6-2-1-3-7-10/h1-9,14H. The van der Waals surface area contributed by atoms with Gasteiger partial charge < -0.3 is 0 Å². The lowest BCUT2D eigenvalue weighted by atomic mass is 10.1. The molecule has 0 radical (unpaired) electrons. The Kier molecular flexibility index (Phi) is 2.53. The van der Waals surface area contributed by atoms with Crippen molar-refractivity contribution in [3.63, 3.8) is 0 Å². The van der Waals surface area contributed by atoms with Gasteiger partial charge in [0.05, 0.1) is 16.9 Å². The van der Waals surface area contributed by atoms with E-state index < -0.39 is 16.1 Å². The number of rotatable bonds is 1. The highest BCUT2D eigenvalue weighted by atomic mass is 32.2. The third-order valence-corrected chi connectivity index (χ3v) is 4.15. The number of para-hydroxylation sites is 2. The second-order valence-electron chi connectivity index (χ2n) is 4.06. The third-order valence-electron chi connectivity index (χ3n) is 2.81. The van der Waals surface area contributed by atoms with E-state index in [1.165, 1.54) is 0 Å². The molecular weight excluding hydrogens is 264 g/mol. The minimum absolute atomic E-state index is 0.305. The lowest BCUT2D eigenvalue weighted by Crippen LogP contribution is -2.44. The molecule has 0 fully saturated rings. The van der Waals surface area contributed by atoms with Gasteiger partial charge in [0.25, 0.3) is 5.91 Å². The van der Waals surface area contributed by atoms with E-state index in [1.807, 2.05) is 0 Å². The van der Waals surface area contributed by atoms with Crippen LogP contribution in [0, 0.1) is 0 Å². The van der Waals surface area contributed by atoms with Gasteiger partial charge in [-0.05, 0) is 24.3 Å². The lowest BCUT2D eigenvalue weighted by molar-refractivity contribution is 0.100. The monoisotopic (exact) mass is 274 g/mol. The summed E-state index contributed by atoms with van der Waals surface area (Å²) in [5.74, 6) is -0.555. The van der Waals surface area contributed by atoms with Crippen molar-refractivity contribution >= 4 is 27.5 Å². The fraction of sp³-hybridized carbons (Fsp3) is 0. The smallest absolute Gasteiger partial charge is 0.267 e. The van der Waals surface area contributed by atoms with Crippen LogP contribution in [0.5, 0.6) is 0 Å². The summed E-state index contributed by atoms with van der Waals surface area (Å²) in [6.45, 7) is 0. The number of nitrogens with zero attached hydrogens (tertiary/aromatic N) is 1. The molecule has 1 N–H and O–H groups in total. The molecule has 2 aromatic rings. The summed E-state index contributed by atoms with van der Waals surface area (Å²) in [4.78, 5) is 12.3. The maximum absolute atomic E-state index is 12.3. The summed E-state index contributed by atoms with van der Waals surface area (Å²) >= 11 is 0. The largest absolute Gasteiger partial charge is 0.330 e. The van der Waals surface area contributed by atoms with Crippen molar-refractivity contribution in [1.29, 1.82) is 0 Å². The zero-order valence-corrected chi connectivity index (χ0v) is 10.6. The Morgan fingerprint density at radius 2 is 1.53 bits per heavy atom. The molecule has 0 unspecified atom stereocenters. The second-order valence-corrected chi connectivity index (χ2v) is 5.58. The molecule has 1 heterocycles. The SMILES string of the molecule is O=C1c2ccccc2NS(=O)(=O)N1c1ccccc1. The Morgan fingerprint density at radius 1 is 0.895 bits per heavy atom. The quantitative estimate of drug-likeness (QED) is 0.865. The van der Waals surface area contributed by atoms with Crippen LogP contribution in [0.2, 0.25) is 0 Å². The third kappa shape index (κ3) is 1.86. The number of anilines is 2. The molecule has 0 saturated carbocycles.